The summed E-state index contributed by atoms with van der Waals surface area (Å²) < 4.78 is 11.4. The number of Topliss-reactive ketones (excluding diaryl/α,β-unsaturated/α-hetero) is 1. The first-order valence-electron chi connectivity index (χ1n) is 6.59. The molecule has 3 heteroatoms. The Morgan fingerprint density at radius 2 is 2.17 bits per heavy atom. The molecule has 0 N–H and O–H groups in total. The van der Waals surface area contributed by atoms with Crippen molar-refractivity contribution in [1.82, 2.24) is 0 Å². The van der Waals surface area contributed by atoms with Crippen LogP contribution < -0.4 is 4.74 Å². The summed E-state index contributed by atoms with van der Waals surface area (Å²) in [4.78, 5) is 11.4. The molecule has 1 aromatic carbocycles. The molecule has 1 aliphatic carbocycles. The van der Waals surface area contributed by atoms with Gasteiger partial charge >= 0.3 is 0 Å². The van der Waals surface area contributed by atoms with Gasteiger partial charge in [0.2, 0.25) is 0 Å². The second-order valence-electron chi connectivity index (χ2n) is 4.68. The van der Waals surface area contributed by atoms with Crippen LogP contribution in [0.3, 0.4) is 0 Å². The summed E-state index contributed by atoms with van der Waals surface area (Å²) in [5.74, 6) is 0.893. The normalized spacial score (nSPS) is 15.2. The topological polar surface area (TPSA) is 35.5 Å². The first-order valence-corrected chi connectivity index (χ1v) is 6.59. The summed E-state index contributed by atoms with van der Waals surface area (Å²) in [6.45, 7) is 4.68. The van der Waals surface area contributed by atoms with Crippen LogP contribution in [0, 0.1) is 0 Å². The lowest BCUT2D eigenvalue weighted by atomic mass is 9.96. The third-order valence-electron chi connectivity index (χ3n) is 3.29. The molecule has 0 amide bonds. The lowest BCUT2D eigenvalue weighted by Crippen LogP contribution is -2.21. The van der Waals surface area contributed by atoms with Crippen LogP contribution in [0.5, 0.6) is 5.75 Å². The van der Waals surface area contributed by atoms with Crippen LogP contribution in [0.1, 0.15) is 49.0 Å². The smallest absolute Gasteiger partial charge is 0.159 e. The molecule has 0 aromatic heterocycles. The van der Waals surface area contributed by atoms with E-state index in [0.717, 1.165) is 24.2 Å². The average Bonchev–Trinajstić information content (AvgIpc) is 2.29. The largest absolute Gasteiger partial charge is 0.494 e. The van der Waals surface area contributed by atoms with Gasteiger partial charge in [-0.1, -0.05) is 0 Å². The molecule has 0 aliphatic heterocycles. The first kappa shape index (κ1) is 13.1. The van der Waals surface area contributed by atoms with Crippen molar-refractivity contribution in [2.45, 2.75) is 45.8 Å². The summed E-state index contributed by atoms with van der Waals surface area (Å²) in [7, 11) is 0. The zero-order valence-electron chi connectivity index (χ0n) is 11.1. The molecule has 0 saturated heterocycles. The fourth-order valence-electron chi connectivity index (χ4n) is 1.95. The van der Waals surface area contributed by atoms with Crippen molar-refractivity contribution < 1.29 is 14.3 Å². The minimum absolute atomic E-state index is 0.0722. The minimum Gasteiger partial charge on any atom is -0.494 e. The number of carbonyl (C=O) groups excluding carboxylic acids is 1. The van der Waals surface area contributed by atoms with Crippen molar-refractivity contribution in [1.29, 1.82) is 0 Å². The molecule has 0 heterocycles. The second kappa shape index (κ2) is 6.01. The van der Waals surface area contributed by atoms with Crippen molar-refractivity contribution in [3.05, 3.63) is 29.3 Å². The lowest BCUT2D eigenvalue weighted by molar-refractivity contribution is -0.00947. The fourth-order valence-corrected chi connectivity index (χ4v) is 1.95. The number of benzene rings is 1. The van der Waals surface area contributed by atoms with E-state index >= 15 is 0 Å². The van der Waals surface area contributed by atoms with E-state index < -0.39 is 0 Å². The highest BCUT2D eigenvalue weighted by Gasteiger charge is 2.18. The molecule has 0 atom stereocenters. The van der Waals surface area contributed by atoms with E-state index in [1.54, 1.807) is 13.0 Å². The highest BCUT2D eigenvalue weighted by atomic mass is 16.5. The molecule has 1 fully saturated rings. The van der Waals surface area contributed by atoms with E-state index in [2.05, 4.69) is 0 Å². The van der Waals surface area contributed by atoms with E-state index in [1.165, 1.54) is 6.42 Å². The van der Waals surface area contributed by atoms with Crippen molar-refractivity contribution in [2.24, 2.45) is 0 Å². The minimum atomic E-state index is 0.0722. The number of carbonyl (C=O) groups is 1. The summed E-state index contributed by atoms with van der Waals surface area (Å²) in [6.07, 6.45) is 3.95. The average molecular weight is 248 g/mol. The number of hydrogen-bond donors (Lipinski definition) is 0. The van der Waals surface area contributed by atoms with Gasteiger partial charge in [0.15, 0.2) is 5.78 Å². The monoisotopic (exact) mass is 248 g/mol. The van der Waals surface area contributed by atoms with Gasteiger partial charge in [0, 0.05) is 11.1 Å². The predicted octanol–water partition coefficient (Wildman–Crippen LogP) is 3.36. The quantitative estimate of drug-likeness (QED) is 0.724. The highest BCUT2D eigenvalue weighted by molar-refractivity contribution is 5.94. The Hall–Kier alpha value is -1.35. The van der Waals surface area contributed by atoms with Gasteiger partial charge in [-0.2, -0.15) is 0 Å². The Balaban J connectivity index is 2.10. The Morgan fingerprint density at radius 1 is 1.39 bits per heavy atom. The molecule has 1 aliphatic rings. The van der Waals surface area contributed by atoms with Gasteiger partial charge in [0.1, 0.15) is 5.75 Å². The van der Waals surface area contributed by atoms with Crippen molar-refractivity contribution in [3.8, 4) is 5.75 Å². The highest BCUT2D eigenvalue weighted by Crippen LogP contribution is 2.26. The molecule has 18 heavy (non-hydrogen) atoms. The van der Waals surface area contributed by atoms with Crippen LogP contribution >= 0.6 is 0 Å². The molecule has 0 radical (unpaired) electrons. The summed E-state index contributed by atoms with van der Waals surface area (Å²) in [5.41, 5.74) is 1.68. The Morgan fingerprint density at radius 3 is 2.72 bits per heavy atom. The maximum absolute atomic E-state index is 11.4. The van der Waals surface area contributed by atoms with Crippen LogP contribution in [0.4, 0.5) is 0 Å². The number of ether oxygens (including phenoxy) is 2. The van der Waals surface area contributed by atoms with Gasteiger partial charge in [-0.25, -0.2) is 0 Å². The standard InChI is InChI=1S/C15H20O3/c1-3-17-15-8-7-12(11(2)16)9-13(15)10-18-14-5-4-6-14/h7-9,14H,3-6,10H2,1-2H3. The Labute approximate surface area is 108 Å². The van der Waals surface area contributed by atoms with Gasteiger partial charge in [-0.05, 0) is 51.3 Å². The molecular formula is C15H20O3. The number of rotatable bonds is 6. The van der Waals surface area contributed by atoms with Crippen molar-refractivity contribution >= 4 is 5.78 Å². The molecule has 2 rings (SSSR count). The van der Waals surface area contributed by atoms with E-state index in [0.29, 0.717) is 24.9 Å². The van der Waals surface area contributed by atoms with Crippen molar-refractivity contribution in [2.75, 3.05) is 6.61 Å². The van der Waals surface area contributed by atoms with E-state index in [9.17, 15) is 4.79 Å². The van der Waals surface area contributed by atoms with Crippen LogP contribution in [0.2, 0.25) is 0 Å². The lowest BCUT2D eigenvalue weighted by Gasteiger charge is -2.26. The van der Waals surface area contributed by atoms with Crippen molar-refractivity contribution in [3.63, 3.8) is 0 Å². The summed E-state index contributed by atoms with van der Waals surface area (Å²) in [5, 5.41) is 0. The molecule has 0 spiro atoms. The summed E-state index contributed by atoms with van der Waals surface area (Å²) in [6, 6.07) is 5.55. The van der Waals surface area contributed by atoms with Gasteiger partial charge in [0.25, 0.3) is 0 Å². The zero-order valence-corrected chi connectivity index (χ0v) is 11.1. The molecule has 1 aromatic rings. The van der Waals surface area contributed by atoms with Crippen LogP contribution in [0.25, 0.3) is 0 Å². The third-order valence-corrected chi connectivity index (χ3v) is 3.29. The fraction of sp³-hybridized carbons (Fsp3) is 0.533. The second-order valence-corrected chi connectivity index (χ2v) is 4.68. The van der Waals surface area contributed by atoms with Gasteiger partial charge < -0.3 is 9.47 Å². The molecule has 1 saturated carbocycles. The predicted molar refractivity (Wildman–Crippen MR) is 70.0 cm³/mol. The number of hydrogen-bond acceptors (Lipinski definition) is 3. The van der Waals surface area contributed by atoms with Crippen LogP contribution in [-0.4, -0.2) is 18.5 Å². The van der Waals surface area contributed by atoms with Crippen LogP contribution in [-0.2, 0) is 11.3 Å². The first-order chi connectivity index (χ1) is 8.70. The molecular weight excluding hydrogens is 228 g/mol. The van der Waals surface area contributed by atoms with E-state index in [-0.39, 0.29) is 5.78 Å². The van der Waals surface area contributed by atoms with E-state index in [4.69, 9.17) is 9.47 Å². The van der Waals surface area contributed by atoms with Crippen LogP contribution in [0.15, 0.2) is 18.2 Å². The molecule has 3 nitrogen and oxygen atoms in total. The van der Waals surface area contributed by atoms with Gasteiger partial charge in [0.05, 0.1) is 19.3 Å². The van der Waals surface area contributed by atoms with E-state index in [1.807, 2.05) is 19.1 Å². The maximum atomic E-state index is 11.4. The molecule has 0 bridgehead atoms. The van der Waals surface area contributed by atoms with Gasteiger partial charge in [-0.3, -0.25) is 4.79 Å². The Bertz CT molecular complexity index is 422. The number of ketones is 1. The Kier molecular flexibility index (Phi) is 4.37. The zero-order chi connectivity index (χ0) is 13.0. The maximum Gasteiger partial charge on any atom is 0.159 e. The molecule has 98 valence electrons. The van der Waals surface area contributed by atoms with Gasteiger partial charge in [-0.15, -0.1) is 0 Å². The summed E-state index contributed by atoms with van der Waals surface area (Å²) >= 11 is 0. The SMILES string of the molecule is CCOc1ccc(C(C)=O)cc1COC1CCC1. The molecule has 0 unspecified atom stereocenters. The third kappa shape index (κ3) is 3.10.